The van der Waals surface area contributed by atoms with Crippen molar-refractivity contribution in [2.75, 3.05) is 5.75 Å². The highest BCUT2D eigenvalue weighted by Gasteiger charge is 2.26. The van der Waals surface area contributed by atoms with Crippen molar-refractivity contribution in [1.82, 2.24) is 14.8 Å². The van der Waals surface area contributed by atoms with Crippen LogP contribution in [0.3, 0.4) is 0 Å². The number of nitrogens with zero attached hydrogens (tertiary/aromatic N) is 3. The van der Waals surface area contributed by atoms with Crippen molar-refractivity contribution in [2.24, 2.45) is 5.92 Å². The molecule has 76 valence electrons. The van der Waals surface area contributed by atoms with E-state index in [9.17, 15) is 4.79 Å². The molecule has 2 heterocycles. The summed E-state index contributed by atoms with van der Waals surface area (Å²) in [5, 5.41) is 13.9. The lowest BCUT2D eigenvalue weighted by molar-refractivity contribution is -0.141. The first kappa shape index (κ1) is 9.51. The first-order chi connectivity index (χ1) is 6.70. The summed E-state index contributed by atoms with van der Waals surface area (Å²) < 4.78 is 1.70. The second-order valence-electron chi connectivity index (χ2n) is 3.19. The average molecular weight is 213 g/mol. The second-order valence-corrected chi connectivity index (χ2v) is 4.18. The lowest BCUT2D eigenvalue weighted by Crippen LogP contribution is -2.26. The van der Waals surface area contributed by atoms with Gasteiger partial charge in [0.25, 0.3) is 0 Å². The fourth-order valence-electron chi connectivity index (χ4n) is 1.33. The Bertz CT molecular complexity index is 363. The van der Waals surface area contributed by atoms with Gasteiger partial charge >= 0.3 is 5.97 Å². The fourth-order valence-corrected chi connectivity index (χ4v) is 2.37. The molecule has 2 rings (SSSR count). The van der Waals surface area contributed by atoms with Crippen molar-refractivity contribution in [3.63, 3.8) is 0 Å². The Labute approximate surface area is 85.5 Å². The number of aromatic nitrogens is 3. The number of carbonyl (C=O) groups is 1. The van der Waals surface area contributed by atoms with E-state index in [0.29, 0.717) is 12.3 Å². The summed E-state index contributed by atoms with van der Waals surface area (Å²) in [4.78, 5) is 15.1. The second kappa shape index (κ2) is 3.61. The SMILES string of the molecule is CCc1nc2n(n1)CC(C(=O)O)CS2. The first-order valence-corrected chi connectivity index (χ1v) is 5.48. The van der Waals surface area contributed by atoms with Gasteiger partial charge in [-0.3, -0.25) is 4.79 Å². The highest BCUT2D eigenvalue weighted by molar-refractivity contribution is 7.99. The van der Waals surface area contributed by atoms with E-state index in [1.165, 1.54) is 11.8 Å². The topological polar surface area (TPSA) is 68.0 Å². The summed E-state index contributed by atoms with van der Waals surface area (Å²) >= 11 is 1.47. The summed E-state index contributed by atoms with van der Waals surface area (Å²) in [6.07, 6.45) is 0.790. The molecule has 1 atom stereocenters. The number of carboxylic acids is 1. The molecule has 0 spiro atoms. The van der Waals surface area contributed by atoms with Gasteiger partial charge in [-0.25, -0.2) is 9.67 Å². The van der Waals surface area contributed by atoms with Gasteiger partial charge in [-0.1, -0.05) is 18.7 Å². The maximum atomic E-state index is 10.8. The smallest absolute Gasteiger partial charge is 0.309 e. The van der Waals surface area contributed by atoms with Gasteiger partial charge in [0.15, 0.2) is 11.0 Å². The normalized spacial score (nSPS) is 20.5. The van der Waals surface area contributed by atoms with Gasteiger partial charge in [0.1, 0.15) is 0 Å². The van der Waals surface area contributed by atoms with Crippen LogP contribution in [0.25, 0.3) is 0 Å². The average Bonchev–Trinajstić information content (AvgIpc) is 2.58. The van der Waals surface area contributed by atoms with Crippen molar-refractivity contribution < 1.29 is 9.90 Å². The molecule has 0 saturated carbocycles. The molecule has 14 heavy (non-hydrogen) atoms. The highest BCUT2D eigenvalue weighted by atomic mass is 32.2. The van der Waals surface area contributed by atoms with E-state index in [-0.39, 0.29) is 5.92 Å². The van der Waals surface area contributed by atoms with Crippen LogP contribution in [-0.4, -0.2) is 31.6 Å². The van der Waals surface area contributed by atoms with E-state index in [4.69, 9.17) is 5.11 Å². The van der Waals surface area contributed by atoms with Crippen molar-refractivity contribution >= 4 is 17.7 Å². The molecule has 5 nitrogen and oxygen atoms in total. The van der Waals surface area contributed by atoms with E-state index in [1.807, 2.05) is 6.92 Å². The quantitative estimate of drug-likeness (QED) is 0.781. The van der Waals surface area contributed by atoms with Crippen LogP contribution in [0.15, 0.2) is 5.16 Å². The molecular weight excluding hydrogens is 202 g/mol. The van der Waals surface area contributed by atoms with Gasteiger partial charge in [0.05, 0.1) is 12.5 Å². The van der Waals surface area contributed by atoms with E-state index in [1.54, 1.807) is 4.68 Å². The molecule has 0 saturated heterocycles. The zero-order chi connectivity index (χ0) is 10.1. The minimum Gasteiger partial charge on any atom is -0.481 e. The maximum absolute atomic E-state index is 10.8. The lowest BCUT2D eigenvalue weighted by Gasteiger charge is -2.17. The molecule has 0 bridgehead atoms. The molecule has 1 unspecified atom stereocenters. The first-order valence-electron chi connectivity index (χ1n) is 4.50. The van der Waals surface area contributed by atoms with Crippen LogP contribution >= 0.6 is 11.8 Å². The zero-order valence-corrected chi connectivity index (χ0v) is 8.62. The molecule has 0 radical (unpaired) electrons. The molecule has 1 aromatic rings. The van der Waals surface area contributed by atoms with Crippen molar-refractivity contribution in [1.29, 1.82) is 0 Å². The predicted octanol–water partition coefficient (Wildman–Crippen LogP) is 0.647. The molecule has 1 N–H and O–H groups in total. The number of hydrogen-bond donors (Lipinski definition) is 1. The molecule has 1 aliphatic rings. The summed E-state index contributed by atoms with van der Waals surface area (Å²) in [5.41, 5.74) is 0. The monoisotopic (exact) mass is 213 g/mol. The van der Waals surface area contributed by atoms with E-state index in [2.05, 4.69) is 10.1 Å². The Balaban J connectivity index is 2.21. The Hall–Kier alpha value is -1.04. The maximum Gasteiger partial charge on any atom is 0.309 e. The Kier molecular flexibility index (Phi) is 2.45. The van der Waals surface area contributed by atoms with E-state index in [0.717, 1.165) is 17.4 Å². The van der Waals surface area contributed by atoms with Crippen LogP contribution in [0.4, 0.5) is 0 Å². The molecule has 6 heteroatoms. The van der Waals surface area contributed by atoms with Gasteiger partial charge in [-0.15, -0.1) is 0 Å². The van der Waals surface area contributed by atoms with Crippen molar-refractivity contribution in [2.45, 2.75) is 25.0 Å². The summed E-state index contributed by atoms with van der Waals surface area (Å²) in [6.45, 7) is 2.44. The van der Waals surface area contributed by atoms with Crippen LogP contribution in [-0.2, 0) is 17.8 Å². The number of hydrogen-bond acceptors (Lipinski definition) is 4. The van der Waals surface area contributed by atoms with Crippen LogP contribution < -0.4 is 0 Å². The molecule has 0 amide bonds. The Morgan fingerprint density at radius 2 is 2.57 bits per heavy atom. The molecule has 1 aromatic heterocycles. The number of rotatable bonds is 2. The van der Waals surface area contributed by atoms with Crippen LogP contribution in [0.2, 0.25) is 0 Å². The molecule has 0 aliphatic carbocycles. The molecule has 1 aliphatic heterocycles. The van der Waals surface area contributed by atoms with E-state index < -0.39 is 5.97 Å². The predicted molar refractivity (Wildman–Crippen MR) is 51.2 cm³/mol. The molecule has 0 aromatic carbocycles. The Morgan fingerprint density at radius 3 is 3.21 bits per heavy atom. The van der Waals surface area contributed by atoms with Crippen LogP contribution in [0.1, 0.15) is 12.7 Å². The molecule has 0 fully saturated rings. The van der Waals surface area contributed by atoms with Gasteiger partial charge in [0.2, 0.25) is 0 Å². The Morgan fingerprint density at radius 1 is 1.79 bits per heavy atom. The highest BCUT2D eigenvalue weighted by Crippen LogP contribution is 2.26. The van der Waals surface area contributed by atoms with Crippen molar-refractivity contribution in [3.8, 4) is 0 Å². The fraction of sp³-hybridized carbons (Fsp3) is 0.625. The third-order valence-corrected chi connectivity index (χ3v) is 3.28. The molecular formula is C8H11N3O2S. The van der Waals surface area contributed by atoms with Gasteiger partial charge in [-0.05, 0) is 0 Å². The number of carboxylic acid groups (broad SMARTS) is 1. The van der Waals surface area contributed by atoms with Gasteiger partial charge in [0, 0.05) is 12.2 Å². The van der Waals surface area contributed by atoms with Crippen molar-refractivity contribution in [3.05, 3.63) is 5.82 Å². The lowest BCUT2D eigenvalue weighted by atomic mass is 10.2. The summed E-state index contributed by atoms with van der Waals surface area (Å²) in [6, 6.07) is 0. The zero-order valence-electron chi connectivity index (χ0n) is 7.80. The van der Waals surface area contributed by atoms with Gasteiger partial charge in [-0.2, -0.15) is 5.10 Å². The van der Waals surface area contributed by atoms with E-state index >= 15 is 0 Å². The summed E-state index contributed by atoms with van der Waals surface area (Å²) in [7, 11) is 0. The number of aliphatic carboxylic acids is 1. The van der Waals surface area contributed by atoms with Gasteiger partial charge < -0.3 is 5.11 Å². The minimum absolute atomic E-state index is 0.334. The largest absolute Gasteiger partial charge is 0.481 e. The minimum atomic E-state index is -0.753. The standard InChI is InChI=1S/C8H11N3O2S/c1-2-6-9-8-11(10-6)3-5(4-14-8)7(12)13/h5H,2-4H2,1H3,(H,12,13). The van der Waals surface area contributed by atoms with Crippen LogP contribution in [0, 0.1) is 5.92 Å². The number of thioether (sulfide) groups is 1. The third kappa shape index (κ3) is 1.61. The third-order valence-electron chi connectivity index (χ3n) is 2.15. The number of aryl methyl sites for hydroxylation is 1. The number of fused-ring (bicyclic) bond motifs is 1. The summed E-state index contributed by atoms with van der Waals surface area (Å²) in [5.74, 6) is 0.297. The van der Waals surface area contributed by atoms with Crippen LogP contribution in [0.5, 0.6) is 0 Å².